The quantitative estimate of drug-likeness (QED) is 0.591. The van der Waals surface area contributed by atoms with Crippen molar-refractivity contribution in [2.75, 3.05) is 0 Å². The zero-order valence-electron chi connectivity index (χ0n) is 6.22. The van der Waals surface area contributed by atoms with Crippen LogP contribution in [0.5, 0.6) is 0 Å². The summed E-state index contributed by atoms with van der Waals surface area (Å²) < 4.78 is 0. The monoisotopic (exact) mass is 210 g/mol. The molecule has 0 bridgehead atoms. The first-order valence-electron chi connectivity index (χ1n) is 2.94. The van der Waals surface area contributed by atoms with Gasteiger partial charge < -0.3 is 4.79 Å². The molecule has 0 aliphatic rings. The first-order valence-corrected chi connectivity index (χ1v) is 2.94. The molecule has 1 aromatic rings. The van der Waals surface area contributed by atoms with E-state index in [1.165, 1.54) is 0 Å². The average Bonchev–Trinajstić information content (AvgIpc) is 1.80. The molecule has 0 aromatic heterocycles. The molecule has 0 N–H and O–H groups in total. The van der Waals surface area contributed by atoms with Crippen LogP contribution in [0.4, 0.5) is 0 Å². The van der Waals surface area contributed by atoms with Gasteiger partial charge in [0.25, 0.3) is 0 Å². The predicted molar refractivity (Wildman–Crippen MR) is 37.8 cm³/mol. The number of hydrogen-bond donors (Lipinski definition) is 0. The minimum absolute atomic E-state index is 0. The third-order valence-electron chi connectivity index (χ3n) is 1.33. The van der Waals surface area contributed by atoms with E-state index in [0.29, 0.717) is 0 Å². The van der Waals surface area contributed by atoms with E-state index >= 15 is 0 Å². The maximum Gasteiger partial charge on any atom is 0.0745 e. The summed E-state index contributed by atoms with van der Waals surface area (Å²) in [5.41, 5.74) is 2.10. The molecule has 0 amide bonds. The molecule has 0 aliphatic heterocycles. The van der Waals surface area contributed by atoms with Gasteiger partial charge in [0, 0.05) is 32.7 Å². The summed E-state index contributed by atoms with van der Waals surface area (Å²) in [6.07, 6.45) is 0. The van der Waals surface area contributed by atoms with Gasteiger partial charge in [0.15, 0.2) is 0 Å². The zero-order chi connectivity index (χ0) is 6.85. The Kier molecular flexibility index (Phi) is 4.15. The Morgan fingerprint density at radius 1 is 1.50 bits per heavy atom. The van der Waals surface area contributed by atoms with E-state index in [1.807, 2.05) is 26.0 Å². The summed E-state index contributed by atoms with van der Waals surface area (Å²) in [6.45, 7) is 3.81. The second-order valence-corrected chi connectivity index (χ2v) is 2.27. The van der Waals surface area contributed by atoms with Crippen molar-refractivity contribution >= 4 is 0 Å². The Labute approximate surface area is 85.7 Å². The molecule has 0 saturated carbocycles. The SMILES string of the molecule is Cc1c[c-](C)ccc1=O.[Y]. The van der Waals surface area contributed by atoms with E-state index in [4.69, 9.17) is 0 Å². The van der Waals surface area contributed by atoms with Gasteiger partial charge in [-0.2, -0.15) is 17.7 Å². The fourth-order valence-electron chi connectivity index (χ4n) is 0.799. The standard InChI is InChI=1S/C8H9O.Y/c1-6-3-4-8(9)7(2)5-6;/h3-5H,1-2H3;/q-1;. The molecule has 10 heavy (non-hydrogen) atoms. The Morgan fingerprint density at radius 2 is 2.10 bits per heavy atom. The van der Waals surface area contributed by atoms with Crippen molar-refractivity contribution in [2.24, 2.45) is 0 Å². The smallest absolute Gasteiger partial charge is 0.0745 e. The maximum atomic E-state index is 10.8. The largest absolute Gasteiger partial charge is 0.319 e. The molecule has 0 saturated heterocycles. The van der Waals surface area contributed by atoms with E-state index < -0.39 is 0 Å². The second-order valence-electron chi connectivity index (χ2n) is 2.27. The van der Waals surface area contributed by atoms with Crippen LogP contribution in [0.25, 0.3) is 0 Å². The zero-order valence-corrected chi connectivity index (χ0v) is 9.06. The predicted octanol–water partition coefficient (Wildman–Crippen LogP) is 1.38. The summed E-state index contributed by atoms with van der Waals surface area (Å²) in [7, 11) is 0. The van der Waals surface area contributed by atoms with E-state index in [9.17, 15) is 4.79 Å². The molecule has 0 atom stereocenters. The number of hydrogen-bond acceptors (Lipinski definition) is 1. The van der Waals surface area contributed by atoms with E-state index in [0.717, 1.165) is 11.1 Å². The van der Waals surface area contributed by atoms with Gasteiger partial charge in [0.2, 0.25) is 0 Å². The maximum absolute atomic E-state index is 10.8. The molecule has 1 radical (unpaired) electrons. The van der Waals surface area contributed by atoms with Crippen molar-refractivity contribution in [1.29, 1.82) is 0 Å². The molecule has 0 fully saturated rings. The van der Waals surface area contributed by atoms with Crippen LogP contribution in [0.15, 0.2) is 23.0 Å². The number of benzene rings is 1. The minimum atomic E-state index is 0. The van der Waals surface area contributed by atoms with Crippen LogP contribution in [-0.2, 0) is 32.7 Å². The van der Waals surface area contributed by atoms with Crippen molar-refractivity contribution in [2.45, 2.75) is 13.8 Å². The Hall–Kier alpha value is 0.124. The van der Waals surface area contributed by atoms with Crippen molar-refractivity contribution in [3.8, 4) is 0 Å². The van der Waals surface area contributed by atoms with Crippen molar-refractivity contribution in [1.82, 2.24) is 0 Å². The molecule has 51 valence electrons. The molecule has 0 heterocycles. The van der Waals surface area contributed by atoms with Gasteiger partial charge in [-0.1, -0.05) is 13.8 Å². The van der Waals surface area contributed by atoms with Crippen LogP contribution < -0.4 is 5.43 Å². The van der Waals surface area contributed by atoms with E-state index in [-0.39, 0.29) is 38.1 Å². The number of rotatable bonds is 0. The summed E-state index contributed by atoms with van der Waals surface area (Å²) in [5, 5.41) is 0. The first-order chi connectivity index (χ1) is 4.20. The molecule has 1 aromatic carbocycles. The molecule has 0 aliphatic carbocycles. The molecular formula is C8H9OY-. The van der Waals surface area contributed by atoms with Gasteiger partial charge in [0.05, 0.1) is 5.43 Å². The summed E-state index contributed by atoms with van der Waals surface area (Å²) >= 11 is 0. The fraction of sp³-hybridized carbons (Fsp3) is 0.250. The van der Waals surface area contributed by atoms with Crippen LogP contribution in [0, 0.1) is 13.8 Å². The molecule has 1 rings (SSSR count). The number of aryl methyl sites for hydroxylation is 2. The van der Waals surface area contributed by atoms with Gasteiger partial charge in [-0.25, -0.2) is 0 Å². The molecule has 0 unspecified atom stereocenters. The van der Waals surface area contributed by atoms with Gasteiger partial charge in [-0.15, -0.1) is 11.6 Å². The van der Waals surface area contributed by atoms with Gasteiger partial charge in [-0.3, -0.25) is 0 Å². The van der Waals surface area contributed by atoms with Crippen LogP contribution in [0.1, 0.15) is 11.1 Å². The Bertz CT molecular complexity index is 262. The van der Waals surface area contributed by atoms with Gasteiger partial charge >= 0.3 is 0 Å². The van der Waals surface area contributed by atoms with Crippen molar-refractivity contribution in [3.63, 3.8) is 0 Å². The Morgan fingerprint density at radius 3 is 2.50 bits per heavy atom. The second kappa shape index (κ2) is 4.10. The van der Waals surface area contributed by atoms with E-state index in [2.05, 4.69) is 0 Å². The van der Waals surface area contributed by atoms with E-state index in [1.54, 1.807) is 6.07 Å². The normalized spacial score (nSPS) is 8.60. The van der Waals surface area contributed by atoms with Crippen LogP contribution in [-0.4, -0.2) is 0 Å². The third-order valence-corrected chi connectivity index (χ3v) is 1.33. The summed E-state index contributed by atoms with van der Waals surface area (Å²) in [4.78, 5) is 10.8. The topological polar surface area (TPSA) is 17.1 Å². The van der Waals surface area contributed by atoms with Crippen molar-refractivity contribution in [3.05, 3.63) is 39.5 Å². The first kappa shape index (κ1) is 10.1. The van der Waals surface area contributed by atoms with Crippen LogP contribution >= 0.6 is 0 Å². The Balaban J connectivity index is 0.000000810. The van der Waals surface area contributed by atoms with Gasteiger partial charge in [0.1, 0.15) is 0 Å². The third kappa shape index (κ3) is 2.39. The molecule has 1 nitrogen and oxygen atoms in total. The van der Waals surface area contributed by atoms with Crippen molar-refractivity contribution < 1.29 is 32.7 Å². The minimum Gasteiger partial charge on any atom is -0.319 e. The summed E-state index contributed by atoms with van der Waals surface area (Å²) in [5.74, 6) is 0. The molecule has 2 heteroatoms. The van der Waals surface area contributed by atoms with Gasteiger partial charge in [-0.05, 0) is 0 Å². The average molecular weight is 210 g/mol. The molecule has 0 spiro atoms. The summed E-state index contributed by atoms with van der Waals surface area (Å²) in [6, 6.07) is 5.32. The van der Waals surface area contributed by atoms with Crippen LogP contribution in [0.2, 0.25) is 0 Å². The van der Waals surface area contributed by atoms with Crippen LogP contribution in [0.3, 0.4) is 0 Å². The molecular weight excluding hydrogens is 201 g/mol. The fourth-order valence-corrected chi connectivity index (χ4v) is 0.799.